The van der Waals surface area contributed by atoms with E-state index in [4.69, 9.17) is 10.5 Å². The van der Waals surface area contributed by atoms with Crippen LogP contribution < -0.4 is 15.8 Å². The van der Waals surface area contributed by atoms with Crippen molar-refractivity contribution in [2.24, 2.45) is 5.73 Å². The highest BCUT2D eigenvalue weighted by Crippen LogP contribution is 2.24. The molecule has 1 rings (SSSR count). The third-order valence-electron chi connectivity index (χ3n) is 2.64. The molecule has 3 N–H and O–H groups in total. The van der Waals surface area contributed by atoms with Crippen molar-refractivity contribution in [1.29, 1.82) is 0 Å². The van der Waals surface area contributed by atoms with Gasteiger partial charge < -0.3 is 15.8 Å². The van der Waals surface area contributed by atoms with Gasteiger partial charge in [0.2, 0.25) is 5.91 Å². The molecule has 0 heterocycles. The maximum absolute atomic E-state index is 13.8. The molecule has 0 fully saturated rings. The van der Waals surface area contributed by atoms with Gasteiger partial charge in [-0.2, -0.15) is 0 Å². The van der Waals surface area contributed by atoms with Crippen molar-refractivity contribution >= 4 is 5.91 Å². The zero-order valence-electron chi connectivity index (χ0n) is 12.6. The zero-order valence-corrected chi connectivity index (χ0v) is 12.6. The monoisotopic (exact) mass is 300 g/mol. The van der Waals surface area contributed by atoms with Crippen molar-refractivity contribution in [2.45, 2.75) is 45.7 Å². The topological polar surface area (TPSA) is 64.3 Å². The van der Waals surface area contributed by atoms with Gasteiger partial charge in [-0.25, -0.2) is 8.78 Å². The van der Waals surface area contributed by atoms with E-state index in [-0.39, 0.29) is 31.0 Å². The lowest BCUT2D eigenvalue weighted by molar-refractivity contribution is -0.122. The number of nitrogens with two attached hydrogens (primary N) is 1. The van der Waals surface area contributed by atoms with Gasteiger partial charge in [0, 0.05) is 12.1 Å². The van der Waals surface area contributed by atoms with Gasteiger partial charge in [0.05, 0.1) is 13.0 Å². The molecule has 0 spiro atoms. The summed E-state index contributed by atoms with van der Waals surface area (Å²) in [5, 5.41) is 2.67. The lowest BCUT2D eigenvalue weighted by Gasteiger charge is -2.12. The van der Waals surface area contributed by atoms with Crippen LogP contribution >= 0.6 is 0 Å². The van der Waals surface area contributed by atoms with E-state index in [0.717, 1.165) is 0 Å². The van der Waals surface area contributed by atoms with Gasteiger partial charge in [0.1, 0.15) is 0 Å². The number of hydrogen-bond donors (Lipinski definition) is 2. The maximum atomic E-state index is 13.8. The molecule has 1 aromatic rings. The van der Waals surface area contributed by atoms with Crippen molar-refractivity contribution in [3.8, 4) is 5.75 Å². The van der Waals surface area contributed by atoms with E-state index in [1.807, 2.05) is 13.8 Å². The first kappa shape index (κ1) is 17.4. The van der Waals surface area contributed by atoms with E-state index in [0.29, 0.717) is 12.0 Å². The minimum Gasteiger partial charge on any atom is -0.487 e. The summed E-state index contributed by atoms with van der Waals surface area (Å²) in [6.45, 7) is 5.33. The Labute approximate surface area is 123 Å². The van der Waals surface area contributed by atoms with E-state index in [1.165, 1.54) is 12.1 Å². The summed E-state index contributed by atoms with van der Waals surface area (Å²) in [7, 11) is 0. The molecule has 118 valence electrons. The normalized spacial score (nSPS) is 12.3. The molecule has 1 amide bonds. The molecule has 0 radical (unpaired) electrons. The Morgan fingerprint density at radius 2 is 1.86 bits per heavy atom. The molecule has 6 heteroatoms. The lowest BCUT2D eigenvalue weighted by Crippen LogP contribution is -2.31. The quantitative estimate of drug-likeness (QED) is 0.811. The average Bonchev–Trinajstić information content (AvgIpc) is 2.30. The van der Waals surface area contributed by atoms with Crippen molar-refractivity contribution in [3.05, 3.63) is 29.3 Å². The van der Waals surface area contributed by atoms with Crippen LogP contribution in [0.2, 0.25) is 0 Å². The van der Waals surface area contributed by atoms with Crippen LogP contribution in [0.1, 0.15) is 32.8 Å². The van der Waals surface area contributed by atoms with Crippen LogP contribution in [-0.4, -0.2) is 24.6 Å². The predicted octanol–water partition coefficient (Wildman–Crippen LogP) is 2.15. The fraction of sp³-hybridized carbons (Fsp3) is 0.533. The molecule has 4 nitrogen and oxygen atoms in total. The predicted molar refractivity (Wildman–Crippen MR) is 77.1 cm³/mol. The smallest absolute Gasteiger partial charge is 0.223 e. The largest absolute Gasteiger partial charge is 0.487 e. The van der Waals surface area contributed by atoms with Gasteiger partial charge in [0.15, 0.2) is 17.4 Å². The Balaban J connectivity index is 2.61. The minimum atomic E-state index is -0.782. The highest BCUT2D eigenvalue weighted by atomic mass is 19.1. The lowest BCUT2D eigenvalue weighted by atomic mass is 10.1. The third kappa shape index (κ3) is 6.08. The molecule has 0 aliphatic carbocycles. The van der Waals surface area contributed by atoms with Gasteiger partial charge in [-0.05, 0) is 44.9 Å². The van der Waals surface area contributed by atoms with E-state index >= 15 is 0 Å². The molecule has 0 saturated carbocycles. The number of hydrogen-bond acceptors (Lipinski definition) is 3. The van der Waals surface area contributed by atoms with Gasteiger partial charge in [0.25, 0.3) is 0 Å². The third-order valence-corrected chi connectivity index (χ3v) is 2.64. The minimum absolute atomic E-state index is 0.0171. The summed E-state index contributed by atoms with van der Waals surface area (Å²) >= 11 is 0. The van der Waals surface area contributed by atoms with E-state index in [2.05, 4.69) is 5.32 Å². The van der Waals surface area contributed by atoms with Gasteiger partial charge in [-0.3, -0.25) is 4.79 Å². The van der Waals surface area contributed by atoms with Crippen molar-refractivity contribution in [3.63, 3.8) is 0 Å². The molecule has 0 aliphatic rings. The summed E-state index contributed by atoms with van der Waals surface area (Å²) < 4.78 is 32.6. The molecule has 0 bridgehead atoms. The van der Waals surface area contributed by atoms with Gasteiger partial charge >= 0.3 is 0 Å². The van der Waals surface area contributed by atoms with Crippen LogP contribution in [0.15, 0.2) is 12.1 Å². The number of ether oxygens (including phenoxy) is 1. The van der Waals surface area contributed by atoms with Crippen molar-refractivity contribution < 1.29 is 18.3 Å². The van der Waals surface area contributed by atoms with Crippen LogP contribution in [0.25, 0.3) is 0 Å². The molecule has 0 aliphatic heterocycles. The molecule has 1 unspecified atom stereocenters. The Morgan fingerprint density at radius 3 is 2.33 bits per heavy atom. The van der Waals surface area contributed by atoms with E-state index in [1.54, 1.807) is 6.92 Å². The molecular formula is C15H22F2N2O2. The molecular weight excluding hydrogens is 278 g/mol. The highest BCUT2D eigenvalue weighted by Gasteiger charge is 2.14. The number of nitrogens with one attached hydrogen (secondary N) is 1. The summed E-state index contributed by atoms with van der Waals surface area (Å²) in [5.41, 5.74) is 6.07. The number of carbonyl (C=O) groups excluding carboxylic acids is 1. The van der Waals surface area contributed by atoms with Crippen LogP contribution in [0.3, 0.4) is 0 Å². The number of carbonyl (C=O) groups is 1. The molecule has 1 aromatic carbocycles. The Morgan fingerprint density at radius 1 is 1.29 bits per heavy atom. The number of rotatable bonds is 7. The highest BCUT2D eigenvalue weighted by molar-refractivity contribution is 5.76. The van der Waals surface area contributed by atoms with Gasteiger partial charge in [-0.15, -0.1) is 0 Å². The maximum Gasteiger partial charge on any atom is 0.223 e. The molecule has 1 atom stereocenters. The Hall–Kier alpha value is -1.69. The zero-order chi connectivity index (χ0) is 16.0. The van der Waals surface area contributed by atoms with Crippen LogP contribution in [0, 0.1) is 11.6 Å². The summed E-state index contributed by atoms with van der Waals surface area (Å²) in [6, 6.07) is 2.24. The number of amides is 1. The van der Waals surface area contributed by atoms with Gasteiger partial charge in [-0.1, -0.05) is 0 Å². The Bertz CT molecular complexity index is 468. The summed E-state index contributed by atoms with van der Waals surface area (Å²) in [5.74, 6) is -2.25. The first-order valence-electron chi connectivity index (χ1n) is 6.95. The van der Waals surface area contributed by atoms with Crippen molar-refractivity contribution in [1.82, 2.24) is 5.32 Å². The van der Waals surface area contributed by atoms with E-state index in [9.17, 15) is 13.6 Å². The summed E-state index contributed by atoms with van der Waals surface area (Å²) in [4.78, 5) is 11.4. The number of halogens is 2. The van der Waals surface area contributed by atoms with Crippen LogP contribution in [0.4, 0.5) is 8.78 Å². The molecule has 0 aromatic heterocycles. The molecule has 0 saturated heterocycles. The second kappa shape index (κ2) is 7.93. The fourth-order valence-corrected chi connectivity index (χ4v) is 1.88. The molecule has 21 heavy (non-hydrogen) atoms. The Kier molecular flexibility index (Phi) is 6.55. The van der Waals surface area contributed by atoms with Crippen LogP contribution in [0.5, 0.6) is 5.75 Å². The second-order valence-electron chi connectivity index (χ2n) is 5.39. The summed E-state index contributed by atoms with van der Waals surface area (Å²) in [6.07, 6.45) is 0.420. The second-order valence-corrected chi connectivity index (χ2v) is 5.39. The standard InChI is InChI=1S/C15H22F2N2O2/c1-9(2)19-14(20)4-5-21-15-12(16)7-11(6-10(3)18)8-13(15)17/h7-10H,4-6,18H2,1-3H3,(H,19,20). The first-order chi connectivity index (χ1) is 9.79. The average molecular weight is 300 g/mol. The first-order valence-corrected chi connectivity index (χ1v) is 6.95. The van der Waals surface area contributed by atoms with Crippen LogP contribution in [-0.2, 0) is 11.2 Å². The van der Waals surface area contributed by atoms with Crippen molar-refractivity contribution in [2.75, 3.05) is 6.61 Å². The van der Waals surface area contributed by atoms with E-state index < -0.39 is 17.4 Å². The SMILES string of the molecule is CC(N)Cc1cc(F)c(OCCC(=O)NC(C)C)c(F)c1. The fourth-order valence-electron chi connectivity index (χ4n) is 1.88. The number of benzene rings is 1.